The first-order valence-corrected chi connectivity index (χ1v) is 28.3. The molecule has 6 aromatic carbocycles. The summed E-state index contributed by atoms with van der Waals surface area (Å²) >= 11 is 0. The molecule has 0 fully saturated rings. The zero-order valence-electron chi connectivity index (χ0n) is 34.5. The number of rotatable bonds is 13. The number of fused-ring (bicyclic) bond motifs is 3. The Balaban J connectivity index is 0.000000824. The Bertz CT molecular complexity index is 3190. The molecule has 0 saturated carbocycles. The van der Waals surface area contributed by atoms with E-state index in [1.54, 1.807) is 97.1 Å². The Morgan fingerprint density at radius 3 is 1.08 bits per heavy atom. The maximum absolute atomic E-state index is 12.0. The predicted molar refractivity (Wildman–Crippen MR) is 236 cm³/mol. The summed E-state index contributed by atoms with van der Waals surface area (Å²) < 4.78 is 175. The lowest BCUT2D eigenvalue weighted by atomic mass is 9.67. The van der Waals surface area contributed by atoms with Crippen LogP contribution in [0.15, 0.2) is 154 Å². The fourth-order valence-electron chi connectivity index (χ4n) is 7.07. The molecule has 350 valence electrons. The van der Waals surface area contributed by atoms with Crippen LogP contribution in [0.4, 0.5) is 13.2 Å². The van der Waals surface area contributed by atoms with E-state index in [-0.39, 0.29) is 23.0 Å². The van der Waals surface area contributed by atoms with Crippen molar-refractivity contribution in [2.45, 2.75) is 25.6 Å². The lowest BCUT2D eigenvalue weighted by Crippen LogP contribution is -2.29. The van der Waals surface area contributed by atoms with Crippen LogP contribution in [0, 0.1) is 0 Å². The molecule has 0 bridgehead atoms. The van der Waals surface area contributed by atoms with E-state index in [1.807, 2.05) is 36.4 Å². The van der Waals surface area contributed by atoms with Crippen LogP contribution < -0.4 is 16.7 Å². The first-order chi connectivity index (χ1) is 30.4. The summed E-state index contributed by atoms with van der Waals surface area (Å²) in [6.45, 7) is 0. The SMILES string of the molecule is CS(=O)(=O)Oc1ccc([S+](c2ccc(OS(C)(=O)=O)cc2)c2ccc3c(c2)C(c2ccc(OS(C)(=O)=O)cc2)(c2ccc(OS(C)(=O)=O)cc2)c2ccccc2-3)cc1.O=S(=O)([O-])C(F)(F)F. The van der Waals surface area contributed by atoms with E-state index < -0.39 is 72.4 Å². The van der Waals surface area contributed by atoms with E-state index >= 15 is 0 Å². The van der Waals surface area contributed by atoms with Crippen LogP contribution >= 0.6 is 0 Å². The summed E-state index contributed by atoms with van der Waals surface area (Å²) in [6, 6.07) is 40.8. The molecule has 0 spiro atoms. The van der Waals surface area contributed by atoms with Gasteiger partial charge in [0.05, 0.1) is 41.3 Å². The van der Waals surface area contributed by atoms with E-state index in [0.29, 0.717) is 0 Å². The van der Waals surface area contributed by atoms with Crippen molar-refractivity contribution < 1.29 is 76.5 Å². The molecule has 0 aromatic heterocycles. The van der Waals surface area contributed by atoms with Gasteiger partial charge in [-0.05, 0) is 124 Å². The molecule has 0 amide bonds. The summed E-state index contributed by atoms with van der Waals surface area (Å²) in [5.74, 6) is 0.488. The van der Waals surface area contributed by atoms with Crippen LogP contribution in [0.3, 0.4) is 0 Å². The quantitative estimate of drug-likeness (QED) is 0.0516. The Hall–Kier alpha value is -5.63. The van der Waals surface area contributed by atoms with Gasteiger partial charge in [0.25, 0.3) is 0 Å². The van der Waals surface area contributed by atoms with Crippen molar-refractivity contribution in [3.63, 3.8) is 0 Å². The first kappa shape index (κ1) is 49.8. The fourth-order valence-corrected chi connectivity index (χ4v) is 11.0. The smallest absolute Gasteiger partial charge is 0.485 e. The summed E-state index contributed by atoms with van der Waals surface area (Å²) in [5, 5.41) is 0. The van der Waals surface area contributed by atoms with E-state index in [0.717, 1.165) is 73.1 Å². The Morgan fingerprint density at radius 2 is 0.742 bits per heavy atom. The van der Waals surface area contributed by atoms with Gasteiger partial charge < -0.3 is 21.3 Å². The van der Waals surface area contributed by atoms with Crippen molar-refractivity contribution >= 4 is 61.5 Å². The normalized spacial score (nSPS) is 13.7. The van der Waals surface area contributed by atoms with Crippen molar-refractivity contribution in [1.29, 1.82) is 0 Å². The molecular weight excluding hydrogens is 994 g/mol. The second-order valence-electron chi connectivity index (χ2n) is 14.4. The van der Waals surface area contributed by atoms with Gasteiger partial charge in [-0.2, -0.15) is 46.8 Å². The van der Waals surface area contributed by atoms with Gasteiger partial charge in [-0.3, -0.25) is 0 Å². The molecule has 6 aromatic rings. The number of hydrogen-bond acceptors (Lipinski definition) is 15. The van der Waals surface area contributed by atoms with Gasteiger partial charge in [-0.25, -0.2) is 8.42 Å². The van der Waals surface area contributed by atoms with Crippen LogP contribution in [0.1, 0.15) is 22.3 Å². The monoisotopic (exact) mass is 1030 g/mol. The van der Waals surface area contributed by atoms with Gasteiger partial charge in [0.1, 0.15) is 23.0 Å². The third-order valence-corrected chi connectivity index (χ3v) is 14.0. The summed E-state index contributed by atoms with van der Waals surface area (Å²) in [5.41, 5.74) is -1.61. The second-order valence-corrected chi connectivity index (χ2v) is 24.0. The van der Waals surface area contributed by atoms with Crippen LogP contribution in [0.2, 0.25) is 0 Å². The molecule has 66 heavy (non-hydrogen) atoms. The predicted octanol–water partition coefficient (Wildman–Crippen LogP) is 6.55. The van der Waals surface area contributed by atoms with Gasteiger partial charge >= 0.3 is 46.0 Å². The van der Waals surface area contributed by atoms with Crippen molar-refractivity contribution in [3.05, 3.63) is 162 Å². The average Bonchev–Trinajstić information content (AvgIpc) is 3.47. The molecule has 0 N–H and O–H groups in total. The zero-order valence-corrected chi connectivity index (χ0v) is 39.4. The highest BCUT2D eigenvalue weighted by Gasteiger charge is 2.47. The van der Waals surface area contributed by atoms with E-state index in [2.05, 4.69) is 6.07 Å². The molecule has 0 radical (unpaired) electrons. The molecule has 0 unspecified atom stereocenters. The average molecular weight is 1030 g/mol. The summed E-state index contributed by atoms with van der Waals surface area (Å²) in [7, 11) is -22.2. The number of halogens is 3. The maximum atomic E-state index is 12.0. The Labute approximate surface area is 382 Å². The third kappa shape index (κ3) is 11.8. The largest absolute Gasteiger partial charge is 0.741 e. The lowest BCUT2D eigenvalue weighted by Gasteiger charge is -2.34. The standard InChI is InChI=1S/C41H35O12S5.CHF3O3S/c1-55(42,43)50-30-13-9-28(10-14-30)41(29-11-15-31(16-12-29)51-56(2,44)45)39-8-6-5-7-37(39)38-26-25-36(27-40(38)41)54(34-21-17-32(18-22-34)52-57(3,46)47)35-23-19-33(20-24-35)53-58(4,48)49;2-1(3,4)8(5,6)7/h5-27H,1-4H3;(H,5,6,7)/q+1;/p-1. The van der Waals surface area contributed by atoms with Gasteiger partial charge in [-0.15, -0.1) is 0 Å². The molecule has 1 aliphatic rings. The van der Waals surface area contributed by atoms with Gasteiger partial charge in [-0.1, -0.05) is 48.5 Å². The molecular formula is C42H35F3O15S6. The van der Waals surface area contributed by atoms with Crippen molar-refractivity contribution in [1.82, 2.24) is 0 Å². The number of hydrogen-bond donors (Lipinski definition) is 0. The highest BCUT2D eigenvalue weighted by molar-refractivity contribution is 7.97. The van der Waals surface area contributed by atoms with E-state index in [1.165, 1.54) is 0 Å². The van der Waals surface area contributed by atoms with Crippen LogP contribution in [0.5, 0.6) is 23.0 Å². The second kappa shape index (κ2) is 18.2. The number of benzene rings is 6. The molecule has 1 aliphatic carbocycles. The Morgan fingerprint density at radius 1 is 0.439 bits per heavy atom. The Kier molecular flexibility index (Phi) is 13.7. The van der Waals surface area contributed by atoms with Crippen LogP contribution in [-0.4, -0.2) is 77.2 Å². The molecule has 0 atom stereocenters. The molecule has 0 aliphatic heterocycles. The van der Waals surface area contributed by atoms with E-state index in [4.69, 9.17) is 29.7 Å². The molecule has 15 nitrogen and oxygen atoms in total. The maximum Gasteiger partial charge on any atom is 0.485 e. The third-order valence-electron chi connectivity index (χ3n) is 9.22. The molecule has 7 rings (SSSR count). The minimum atomic E-state index is -6.09. The van der Waals surface area contributed by atoms with Gasteiger partial charge in [0, 0.05) is 0 Å². The van der Waals surface area contributed by atoms with Crippen LogP contribution in [0.25, 0.3) is 11.1 Å². The van der Waals surface area contributed by atoms with Crippen LogP contribution in [-0.2, 0) is 66.9 Å². The molecule has 0 heterocycles. The summed E-state index contributed by atoms with van der Waals surface area (Å²) in [4.78, 5) is 2.39. The minimum Gasteiger partial charge on any atom is -0.741 e. The molecule has 24 heteroatoms. The molecule has 0 saturated heterocycles. The van der Waals surface area contributed by atoms with Crippen molar-refractivity contribution in [3.8, 4) is 34.1 Å². The minimum absolute atomic E-state index is 0.117. The highest BCUT2D eigenvalue weighted by atomic mass is 32.2. The fraction of sp³-hybridized carbons (Fsp3) is 0.143. The zero-order chi connectivity index (χ0) is 48.7. The van der Waals surface area contributed by atoms with E-state index in [9.17, 15) is 46.8 Å². The lowest BCUT2D eigenvalue weighted by molar-refractivity contribution is -0.0518. The topological polar surface area (TPSA) is 231 Å². The first-order valence-electron chi connectivity index (χ1n) is 18.4. The number of alkyl halides is 3. The highest BCUT2D eigenvalue weighted by Crippen LogP contribution is 2.57. The van der Waals surface area contributed by atoms with Crippen molar-refractivity contribution in [2.75, 3.05) is 25.0 Å². The van der Waals surface area contributed by atoms with Crippen molar-refractivity contribution in [2.24, 2.45) is 0 Å². The van der Waals surface area contributed by atoms with Gasteiger partial charge in [0.2, 0.25) is 0 Å². The summed E-state index contributed by atoms with van der Waals surface area (Å²) in [6.07, 6.45) is 3.84. The van der Waals surface area contributed by atoms with Gasteiger partial charge in [0.15, 0.2) is 24.8 Å².